The van der Waals surface area contributed by atoms with Crippen molar-refractivity contribution >= 4 is 23.2 Å². The number of benzene rings is 4. The summed E-state index contributed by atoms with van der Waals surface area (Å²) in [6.45, 7) is 2.52. The fraction of sp³-hybridized carbons (Fsp3) is 0.0714. The monoisotopic (exact) mass is 420 g/mol. The van der Waals surface area contributed by atoms with Crippen molar-refractivity contribution in [3.8, 4) is 11.1 Å². The van der Waals surface area contributed by atoms with E-state index in [1.807, 2.05) is 91.9 Å². The fourth-order valence-electron chi connectivity index (χ4n) is 3.55. The van der Waals surface area contributed by atoms with Gasteiger partial charge in [-0.15, -0.1) is 0 Å². The van der Waals surface area contributed by atoms with E-state index in [9.17, 15) is 9.59 Å². The maximum atomic E-state index is 12.9. The molecule has 0 aliphatic carbocycles. The minimum atomic E-state index is -0.192. The number of carbonyl (C=O) groups is 2. The van der Waals surface area contributed by atoms with Crippen LogP contribution in [0.4, 0.5) is 11.4 Å². The maximum absolute atomic E-state index is 12.9. The lowest BCUT2D eigenvalue weighted by Crippen LogP contribution is -2.30. The number of para-hydroxylation sites is 1. The SMILES string of the molecule is CCN(C(=O)c1ccc(NC(=O)c2ccc(-c3ccccc3)cc2)cc1)c1ccccc1. The van der Waals surface area contributed by atoms with Gasteiger partial charge in [-0.05, 0) is 66.6 Å². The Morgan fingerprint density at radius 3 is 1.78 bits per heavy atom. The topological polar surface area (TPSA) is 49.4 Å². The summed E-state index contributed by atoms with van der Waals surface area (Å²) in [5.74, 6) is -0.267. The van der Waals surface area contributed by atoms with Crippen molar-refractivity contribution in [2.24, 2.45) is 0 Å². The highest BCUT2D eigenvalue weighted by molar-refractivity contribution is 6.07. The molecule has 0 saturated carbocycles. The Bertz CT molecular complexity index is 1190. The third-order valence-electron chi connectivity index (χ3n) is 5.27. The summed E-state index contributed by atoms with van der Waals surface area (Å²) in [5, 5.41) is 2.89. The number of rotatable bonds is 6. The lowest BCUT2D eigenvalue weighted by molar-refractivity contribution is 0.0987. The van der Waals surface area contributed by atoms with Gasteiger partial charge in [-0.1, -0.05) is 60.7 Å². The molecule has 0 atom stereocenters. The first-order chi connectivity index (χ1) is 15.7. The van der Waals surface area contributed by atoms with Crippen LogP contribution in [0, 0.1) is 0 Å². The van der Waals surface area contributed by atoms with Crippen molar-refractivity contribution < 1.29 is 9.59 Å². The van der Waals surface area contributed by atoms with Gasteiger partial charge < -0.3 is 10.2 Å². The maximum Gasteiger partial charge on any atom is 0.258 e. The molecule has 0 spiro atoms. The second-order valence-electron chi connectivity index (χ2n) is 7.36. The summed E-state index contributed by atoms with van der Waals surface area (Å²) in [7, 11) is 0. The van der Waals surface area contributed by atoms with E-state index in [1.165, 1.54) is 0 Å². The molecule has 0 aliphatic heterocycles. The molecule has 32 heavy (non-hydrogen) atoms. The van der Waals surface area contributed by atoms with Crippen LogP contribution < -0.4 is 10.2 Å². The lowest BCUT2D eigenvalue weighted by atomic mass is 10.0. The van der Waals surface area contributed by atoms with Crippen molar-refractivity contribution in [1.82, 2.24) is 0 Å². The van der Waals surface area contributed by atoms with Gasteiger partial charge in [-0.25, -0.2) is 0 Å². The average Bonchev–Trinajstić information content (AvgIpc) is 2.86. The van der Waals surface area contributed by atoms with Gasteiger partial charge in [0.15, 0.2) is 0 Å². The lowest BCUT2D eigenvalue weighted by Gasteiger charge is -2.21. The highest BCUT2D eigenvalue weighted by Crippen LogP contribution is 2.21. The number of nitrogens with zero attached hydrogens (tertiary/aromatic N) is 1. The molecule has 4 aromatic rings. The third kappa shape index (κ3) is 4.76. The van der Waals surface area contributed by atoms with Gasteiger partial charge in [0.25, 0.3) is 11.8 Å². The zero-order valence-corrected chi connectivity index (χ0v) is 17.9. The smallest absolute Gasteiger partial charge is 0.258 e. The van der Waals surface area contributed by atoms with Crippen LogP contribution in [-0.2, 0) is 0 Å². The number of amides is 2. The molecule has 0 radical (unpaired) electrons. The van der Waals surface area contributed by atoms with Crippen LogP contribution in [0.25, 0.3) is 11.1 Å². The second-order valence-corrected chi connectivity index (χ2v) is 7.36. The normalized spacial score (nSPS) is 10.4. The summed E-state index contributed by atoms with van der Waals surface area (Å²) in [6, 6.07) is 34.1. The molecule has 4 rings (SSSR count). The largest absolute Gasteiger partial charge is 0.322 e. The van der Waals surface area contributed by atoms with Crippen LogP contribution in [0.2, 0.25) is 0 Å². The Balaban J connectivity index is 1.43. The van der Waals surface area contributed by atoms with E-state index >= 15 is 0 Å². The van der Waals surface area contributed by atoms with Crippen molar-refractivity contribution in [3.63, 3.8) is 0 Å². The summed E-state index contributed by atoms with van der Waals surface area (Å²) in [5.41, 5.74) is 4.81. The van der Waals surface area contributed by atoms with Crippen molar-refractivity contribution in [2.45, 2.75) is 6.92 Å². The van der Waals surface area contributed by atoms with E-state index in [0.29, 0.717) is 23.4 Å². The van der Waals surface area contributed by atoms with E-state index in [4.69, 9.17) is 0 Å². The Morgan fingerprint density at radius 2 is 1.19 bits per heavy atom. The molecule has 2 amide bonds. The van der Waals surface area contributed by atoms with Gasteiger partial charge in [0.1, 0.15) is 0 Å². The van der Waals surface area contributed by atoms with Crippen LogP contribution in [0.5, 0.6) is 0 Å². The molecule has 0 saturated heterocycles. The number of hydrogen-bond donors (Lipinski definition) is 1. The van der Waals surface area contributed by atoms with Crippen LogP contribution in [0.15, 0.2) is 109 Å². The molecule has 4 aromatic carbocycles. The van der Waals surface area contributed by atoms with Crippen molar-refractivity contribution in [2.75, 3.05) is 16.8 Å². The molecule has 1 N–H and O–H groups in total. The van der Waals surface area contributed by atoms with E-state index < -0.39 is 0 Å². The van der Waals surface area contributed by atoms with Gasteiger partial charge in [0, 0.05) is 29.0 Å². The van der Waals surface area contributed by atoms with Gasteiger partial charge >= 0.3 is 0 Å². The molecule has 4 nitrogen and oxygen atoms in total. The zero-order valence-electron chi connectivity index (χ0n) is 17.9. The molecule has 0 heterocycles. The number of nitrogens with one attached hydrogen (secondary N) is 1. The average molecular weight is 421 g/mol. The number of carbonyl (C=O) groups excluding carboxylic acids is 2. The van der Waals surface area contributed by atoms with Gasteiger partial charge in [-0.3, -0.25) is 9.59 Å². The van der Waals surface area contributed by atoms with Gasteiger partial charge in [-0.2, -0.15) is 0 Å². The van der Waals surface area contributed by atoms with Crippen LogP contribution in [0.1, 0.15) is 27.6 Å². The number of hydrogen-bond acceptors (Lipinski definition) is 2. The van der Waals surface area contributed by atoms with E-state index in [-0.39, 0.29) is 11.8 Å². The molecule has 0 aromatic heterocycles. The van der Waals surface area contributed by atoms with Crippen molar-refractivity contribution in [1.29, 1.82) is 0 Å². The predicted octanol–water partition coefficient (Wildman–Crippen LogP) is 6.27. The van der Waals surface area contributed by atoms with Crippen LogP contribution >= 0.6 is 0 Å². The molecular weight excluding hydrogens is 396 g/mol. The third-order valence-corrected chi connectivity index (χ3v) is 5.27. The summed E-state index contributed by atoms with van der Waals surface area (Å²) >= 11 is 0. The second kappa shape index (κ2) is 9.75. The fourth-order valence-corrected chi connectivity index (χ4v) is 3.55. The first-order valence-corrected chi connectivity index (χ1v) is 10.6. The van der Waals surface area contributed by atoms with Crippen LogP contribution in [-0.4, -0.2) is 18.4 Å². The van der Waals surface area contributed by atoms with E-state index in [0.717, 1.165) is 16.8 Å². The Kier molecular flexibility index (Phi) is 6.42. The summed E-state index contributed by atoms with van der Waals surface area (Å²) < 4.78 is 0. The van der Waals surface area contributed by atoms with Crippen LogP contribution in [0.3, 0.4) is 0 Å². The van der Waals surface area contributed by atoms with Crippen molar-refractivity contribution in [3.05, 3.63) is 120 Å². The molecule has 0 bridgehead atoms. The molecule has 0 fully saturated rings. The number of anilines is 2. The summed E-state index contributed by atoms with van der Waals surface area (Å²) in [4.78, 5) is 27.3. The van der Waals surface area contributed by atoms with E-state index in [1.54, 1.807) is 29.2 Å². The standard InChI is InChI=1S/C28H24N2O2/c1-2-30(26-11-7-4-8-12-26)28(32)24-17-19-25(20-18-24)29-27(31)23-15-13-22(14-16-23)21-9-5-3-6-10-21/h3-20H,2H2,1H3,(H,29,31). The minimum absolute atomic E-state index is 0.0759. The van der Waals surface area contributed by atoms with Gasteiger partial charge in [0.2, 0.25) is 0 Å². The molecule has 0 aliphatic rings. The first kappa shape index (κ1) is 21.1. The highest BCUT2D eigenvalue weighted by Gasteiger charge is 2.16. The Hall–Kier alpha value is -4.18. The zero-order chi connectivity index (χ0) is 22.3. The Morgan fingerprint density at radius 1 is 0.656 bits per heavy atom. The quantitative estimate of drug-likeness (QED) is 0.399. The Labute approximate surface area is 188 Å². The predicted molar refractivity (Wildman–Crippen MR) is 130 cm³/mol. The highest BCUT2D eigenvalue weighted by atomic mass is 16.2. The van der Waals surface area contributed by atoms with E-state index in [2.05, 4.69) is 5.32 Å². The summed E-state index contributed by atoms with van der Waals surface area (Å²) in [6.07, 6.45) is 0. The first-order valence-electron chi connectivity index (χ1n) is 10.6. The molecule has 0 unspecified atom stereocenters. The minimum Gasteiger partial charge on any atom is -0.322 e. The van der Waals surface area contributed by atoms with Gasteiger partial charge in [0.05, 0.1) is 0 Å². The molecular formula is C28H24N2O2. The molecule has 4 heteroatoms. The molecule has 158 valence electrons.